The minimum absolute atomic E-state index is 0.0856. The first-order chi connectivity index (χ1) is 5.47. The zero-order valence-electron chi connectivity index (χ0n) is 6.10. The minimum Gasteiger partial charge on any atom is -0.397 e. The predicted octanol–water partition coefficient (Wildman–Crippen LogP) is 1.77. The van der Waals surface area contributed by atoms with Crippen molar-refractivity contribution in [2.75, 3.05) is 5.73 Å². The van der Waals surface area contributed by atoms with Gasteiger partial charge >= 0.3 is 6.18 Å². The number of halogens is 3. The molecule has 0 bridgehead atoms. The molecular weight excluding hydrogens is 169 g/mol. The number of pyridine rings is 1. The summed E-state index contributed by atoms with van der Waals surface area (Å²) < 4.78 is 35.4. The molecule has 0 unspecified atom stereocenters. The Hall–Kier alpha value is -1.26. The van der Waals surface area contributed by atoms with Crippen molar-refractivity contribution in [1.29, 1.82) is 0 Å². The number of alkyl halides is 3. The molecule has 1 aromatic heterocycles. The molecule has 0 aliphatic carbocycles. The van der Waals surface area contributed by atoms with Crippen molar-refractivity contribution >= 4 is 5.69 Å². The summed E-state index contributed by atoms with van der Waals surface area (Å²) in [4.78, 5) is 3.54. The fraction of sp³-hybridized carbons (Fsp3) is 0.286. The smallest absolute Gasteiger partial charge is 0.393 e. The SMILES string of the molecule is Nc1cncc(CC(F)(F)F)c1. The van der Waals surface area contributed by atoms with Crippen LogP contribution < -0.4 is 5.73 Å². The maximum atomic E-state index is 11.8. The summed E-state index contributed by atoms with van der Waals surface area (Å²) >= 11 is 0. The summed E-state index contributed by atoms with van der Waals surface area (Å²) in [6.07, 6.45) is -2.72. The van der Waals surface area contributed by atoms with Gasteiger partial charge in [0.1, 0.15) is 0 Å². The van der Waals surface area contributed by atoms with Gasteiger partial charge in [0.15, 0.2) is 0 Å². The number of hydrogen-bond donors (Lipinski definition) is 1. The Labute approximate surface area is 67.2 Å². The van der Waals surface area contributed by atoms with E-state index in [1.807, 2.05) is 0 Å². The van der Waals surface area contributed by atoms with Crippen LogP contribution in [0.2, 0.25) is 0 Å². The third-order valence-corrected chi connectivity index (χ3v) is 1.22. The highest BCUT2D eigenvalue weighted by atomic mass is 19.4. The van der Waals surface area contributed by atoms with E-state index in [2.05, 4.69) is 4.98 Å². The van der Waals surface area contributed by atoms with Crippen molar-refractivity contribution < 1.29 is 13.2 Å². The van der Waals surface area contributed by atoms with Crippen LogP contribution in [-0.4, -0.2) is 11.2 Å². The van der Waals surface area contributed by atoms with Crippen molar-refractivity contribution in [3.8, 4) is 0 Å². The molecule has 12 heavy (non-hydrogen) atoms. The van der Waals surface area contributed by atoms with Crippen LogP contribution in [-0.2, 0) is 6.42 Å². The van der Waals surface area contributed by atoms with E-state index >= 15 is 0 Å². The van der Waals surface area contributed by atoms with Gasteiger partial charge in [-0.3, -0.25) is 4.98 Å². The Balaban J connectivity index is 2.77. The third kappa shape index (κ3) is 2.77. The molecule has 5 heteroatoms. The normalized spacial score (nSPS) is 11.6. The third-order valence-electron chi connectivity index (χ3n) is 1.22. The standard InChI is InChI=1S/C7H7F3N2/c8-7(9,10)2-5-1-6(11)4-12-3-5/h1,3-4H,2,11H2. The van der Waals surface area contributed by atoms with Gasteiger partial charge < -0.3 is 5.73 Å². The average Bonchev–Trinajstić information content (AvgIpc) is 1.82. The van der Waals surface area contributed by atoms with Gasteiger partial charge in [-0.25, -0.2) is 0 Å². The van der Waals surface area contributed by atoms with E-state index < -0.39 is 12.6 Å². The summed E-state index contributed by atoms with van der Waals surface area (Å²) in [5.74, 6) is 0. The molecule has 0 aromatic carbocycles. The van der Waals surface area contributed by atoms with Crippen LogP contribution in [0.3, 0.4) is 0 Å². The van der Waals surface area contributed by atoms with E-state index in [1.165, 1.54) is 12.3 Å². The van der Waals surface area contributed by atoms with Gasteiger partial charge in [-0.1, -0.05) is 0 Å². The van der Waals surface area contributed by atoms with Crippen LogP contribution in [0.4, 0.5) is 18.9 Å². The van der Waals surface area contributed by atoms with Crippen LogP contribution >= 0.6 is 0 Å². The summed E-state index contributed by atoms with van der Waals surface area (Å²) in [7, 11) is 0. The van der Waals surface area contributed by atoms with Crippen molar-refractivity contribution in [2.24, 2.45) is 0 Å². The fourth-order valence-corrected chi connectivity index (χ4v) is 0.836. The van der Waals surface area contributed by atoms with Gasteiger partial charge in [0, 0.05) is 12.4 Å². The van der Waals surface area contributed by atoms with Crippen molar-refractivity contribution in [2.45, 2.75) is 12.6 Å². The number of nitrogen functional groups attached to an aromatic ring is 1. The first-order valence-corrected chi connectivity index (χ1v) is 3.23. The molecule has 0 radical (unpaired) electrons. The van der Waals surface area contributed by atoms with Crippen molar-refractivity contribution in [3.63, 3.8) is 0 Å². The lowest BCUT2D eigenvalue weighted by Crippen LogP contribution is -2.11. The summed E-state index contributed by atoms with van der Waals surface area (Å²) in [6, 6.07) is 1.26. The van der Waals surface area contributed by atoms with E-state index in [4.69, 9.17) is 5.73 Å². The van der Waals surface area contributed by atoms with Crippen molar-refractivity contribution in [3.05, 3.63) is 24.0 Å². The molecule has 0 saturated heterocycles. The fourth-order valence-electron chi connectivity index (χ4n) is 0.836. The molecule has 1 aromatic rings. The van der Waals surface area contributed by atoms with E-state index in [9.17, 15) is 13.2 Å². The predicted molar refractivity (Wildman–Crippen MR) is 38.4 cm³/mol. The quantitative estimate of drug-likeness (QED) is 0.708. The van der Waals surface area contributed by atoms with Gasteiger partial charge in [0.2, 0.25) is 0 Å². The number of nitrogens with zero attached hydrogens (tertiary/aromatic N) is 1. The molecule has 1 rings (SSSR count). The first kappa shape index (κ1) is 8.83. The Morgan fingerprint density at radius 2 is 2.00 bits per heavy atom. The molecule has 0 atom stereocenters. The molecule has 0 spiro atoms. The molecule has 0 aliphatic rings. The van der Waals surface area contributed by atoms with Gasteiger partial charge in [0.05, 0.1) is 12.1 Å². The Morgan fingerprint density at radius 1 is 1.33 bits per heavy atom. The Bertz CT molecular complexity index is 270. The molecule has 2 nitrogen and oxygen atoms in total. The van der Waals surface area contributed by atoms with Gasteiger partial charge in [-0.05, 0) is 11.6 Å². The average molecular weight is 176 g/mol. The lowest BCUT2D eigenvalue weighted by Gasteiger charge is -2.05. The molecule has 1 heterocycles. The molecule has 0 saturated carbocycles. The van der Waals surface area contributed by atoms with Crippen LogP contribution in [0.1, 0.15) is 5.56 Å². The van der Waals surface area contributed by atoms with Crippen LogP contribution in [0.15, 0.2) is 18.5 Å². The molecule has 0 aliphatic heterocycles. The highest BCUT2D eigenvalue weighted by Gasteiger charge is 2.27. The Morgan fingerprint density at radius 3 is 2.50 bits per heavy atom. The number of hydrogen-bond acceptors (Lipinski definition) is 2. The highest BCUT2D eigenvalue weighted by molar-refractivity contribution is 5.37. The van der Waals surface area contributed by atoms with Crippen LogP contribution in [0.5, 0.6) is 0 Å². The maximum absolute atomic E-state index is 11.8. The van der Waals surface area contributed by atoms with Gasteiger partial charge in [0.25, 0.3) is 0 Å². The second-order valence-corrected chi connectivity index (χ2v) is 2.42. The Kier molecular flexibility index (Phi) is 2.21. The molecule has 66 valence electrons. The van der Waals surface area contributed by atoms with Crippen molar-refractivity contribution in [1.82, 2.24) is 4.98 Å². The zero-order chi connectivity index (χ0) is 9.19. The summed E-state index contributed by atoms with van der Waals surface area (Å²) in [5.41, 5.74) is 5.58. The van der Waals surface area contributed by atoms with E-state index in [0.29, 0.717) is 0 Å². The van der Waals surface area contributed by atoms with E-state index in [1.54, 1.807) is 0 Å². The van der Waals surface area contributed by atoms with Crippen LogP contribution in [0.25, 0.3) is 0 Å². The number of nitrogens with two attached hydrogens (primary N) is 1. The molecule has 0 amide bonds. The zero-order valence-corrected chi connectivity index (χ0v) is 6.10. The number of rotatable bonds is 1. The number of aromatic nitrogens is 1. The highest BCUT2D eigenvalue weighted by Crippen LogP contribution is 2.21. The van der Waals surface area contributed by atoms with E-state index in [0.717, 1.165) is 6.20 Å². The second kappa shape index (κ2) is 3.00. The molecular formula is C7H7F3N2. The molecule has 0 fully saturated rings. The largest absolute Gasteiger partial charge is 0.397 e. The van der Waals surface area contributed by atoms with E-state index in [-0.39, 0.29) is 11.3 Å². The minimum atomic E-state index is -4.20. The second-order valence-electron chi connectivity index (χ2n) is 2.42. The van der Waals surface area contributed by atoms with Gasteiger partial charge in [-0.2, -0.15) is 13.2 Å². The number of anilines is 1. The summed E-state index contributed by atoms with van der Waals surface area (Å²) in [5, 5.41) is 0. The summed E-state index contributed by atoms with van der Waals surface area (Å²) in [6.45, 7) is 0. The van der Waals surface area contributed by atoms with Gasteiger partial charge in [-0.15, -0.1) is 0 Å². The maximum Gasteiger partial charge on any atom is 0.393 e. The first-order valence-electron chi connectivity index (χ1n) is 3.23. The van der Waals surface area contributed by atoms with Crippen LogP contribution in [0, 0.1) is 0 Å². The topological polar surface area (TPSA) is 38.9 Å². The monoisotopic (exact) mass is 176 g/mol. The lowest BCUT2D eigenvalue weighted by atomic mass is 10.2. The lowest BCUT2D eigenvalue weighted by molar-refractivity contribution is -0.127. The molecule has 2 N–H and O–H groups in total.